The van der Waals surface area contributed by atoms with Crippen molar-refractivity contribution < 1.29 is 9.90 Å². The fourth-order valence-electron chi connectivity index (χ4n) is 6.02. The average molecular weight is 251 g/mol. The molecule has 3 N–H and O–H groups in total. The fraction of sp³-hybridized carbons (Fsp3) is 0.933. The van der Waals surface area contributed by atoms with Crippen LogP contribution in [0, 0.1) is 40.9 Å². The van der Waals surface area contributed by atoms with Gasteiger partial charge in [0.25, 0.3) is 0 Å². The van der Waals surface area contributed by atoms with Gasteiger partial charge in [-0.1, -0.05) is 13.8 Å². The summed E-state index contributed by atoms with van der Waals surface area (Å²) in [6.07, 6.45) is 4.07. The Hall–Kier alpha value is -0.570. The van der Waals surface area contributed by atoms with Crippen LogP contribution >= 0.6 is 0 Å². The molecule has 3 aliphatic carbocycles. The molecule has 0 amide bonds. The van der Waals surface area contributed by atoms with Crippen LogP contribution in [0.3, 0.4) is 0 Å². The molecule has 3 rings (SSSR count). The number of rotatable bonds is 4. The quantitative estimate of drug-likeness (QED) is 0.806. The van der Waals surface area contributed by atoms with Crippen molar-refractivity contribution in [2.45, 2.75) is 39.5 Å². The number of fused-ring (bicyclic) bond motifs is 1. The van der Waals surface area contributed by atoms with Crippen molar-refractivity contribution in [3.8, 4) is 0 Å². The lowest BCUT2D eigenvalue weighted by Gasteiger charge is -2.62. The maximum Gasteiger partial charge on any atom is 0.303 e. The van der Waals surface area contributed by atoms with E-state index in [9.17, 15) is 9.90 Å². The molecule has 0 aromatic carbocycles. The average Bonchev–Trinajstić information content (AvgIpc) is 2.45. The SMILES string of the molecule is CC(C)C1C2CCC3C1C(C2)C3(CN)CC(=O)O. The zero-order valence-electron chi connectivity index (χ0n) is 11.4. The van der Waals surface area contributed by atoms with Crippen LogP contribution in [-0.4, -0.2) is 17.6 Å². The Morgan fingerprint density at radius 3 is 2.67 bits per heavy atom. The van der Waals surface area contributed by atoms with E-state index in [1.165, 1.54) is 19.3 Å². The van der Waals surface area contributed by atoms with Crippen LogP contribution in [0.15, 0.2) is 0 Å². The Labute approximate surface area is 109 Å². The first kappa shape index (κ1) is 12.5. The van der Waals surface area contributed by atoms with E-state index in [4.69, 9.17) is 5.73 Å². The second kappa shape index (κ2) is 3.96. The molecule has 3 heteroatoms. The molecule has 0 aliphatic heterocycles. The molecular formula is C15H25NO2. The smallest absolute Gasteiger partial charge is 0.303 e. The third-order valence-electron chi connectivity index (χ3n) is 6.43. The topological polar surface area (TPSA) is 63.3 Å². The van der Waals surface area contributed by atoms with E-state index in [1.54, 1.807) is 0 Å². The van der Waals surface area contributed by atoms with Crippen LogP contribution in [0.1, 0.15) is 39.5 Å². The van der Waals surface area contributed by atoms with Gasteiger partial charge in [0.2, 0.25) is 0 Å². The number of hydrogen-bond acceptors (Lipinski definition) is 2. The molecule has 0 radical (unpaired) electrons. The number of aliphatic carboxylic acids is 1. The lowest BCUT2D eigenvalue weighted by Crippen LogP contribution is -2.61. The van der Waals surface area contributed by atoms with E-state index < -0.39 is 5.97 Å². The second-order valence-corrected chi connectivity index (χ2v) is 7.19. The molecular weight excluding hydrogens is 226 g/mol. The van der Waals surface area contributed by atoms with Crippen molar-refractivity contribution in [2.24, 2.45) is 46.7 Å². The molecule has 0 saturated heterocycles. The van der Waals surface area contributed by atoms with E-state index >= 15 is 0 Å². The standard InChI is InChI=1S/C15H25NO2/c1-8(2)13-9-3-4-10-14(13)11(5-9)15(10,7-16)6-12(17)18/h8-11,13-14H,3-7,16H2,1-2H3,(H,17,18). The predicted molar refractivity (Wildman–Crippen MR) is 69.9 cm³/mol. The zero-order chi connectivity index (χ0) is 13.1. The Balaban J connectivity index is 1.89. The highest BCUT2D eigenvalue weighted by atomic mass is 16.4. The largest absolute Gasteiger partial charge is 0.481 e. The Morgan fingerprint density at radius 2 is 2.11 bits per heavy atom. The van der Waals surface area contributed by atoms with Crippen molar-refractivity contribution in [2.75, 3.05) is 6.54 Å². The molecule has 3 aliphatic rings. The summed E-state index contributed by atoms with van der Waals surface area (Å²) >= 11 is 0. The zero-order valence-corrected chi connectivity index (χ0v) is 11.4. The molecule has 102 valence electrons. The lowest BCUT2D eigenvalue weighted by atomic mass is 9.43. The Morgan fingerprint density at radius 1 is 1.39 bits per heavy atom. The molecule has 0 aromatic rings. The van der Waals surface area contributed by atoms with Crippen molar-refractivity contribution >= 4 is 5.97 Å². The summed E-state index contributed by atoms with van der Waals surface area (Å²) in [5.74, 6) is 3.74. The number of carbonyl (C=O) groups is 1. The van der Waals surface area contributed by atoms with Gasteiger partial charge in [-0.05, 0) is 66.7 Å². The summed E-state index contributed by atoms with van der Waals surface area (Å²) < 4.78 is 0. The van der Waals surface area contributed by atoms with Gasteiger partial charge in [-0.3, -0.25) is 4.79 Å². The monoisotopic (exact) mass is 251 g/mol. The van der Waals surface area contributed by atoms with Crippen molar-refractivity contribution in [1.29, 1.82) is 0 Å². The highest BCUT2D eigenvalue weighted by Gasteiger charge is 2.69. The van der Waals surface area contributed by atoms with Crippen LogP contribution in [-0.2, 0) is 4.79 Å². The second-order valence-electron chi connectivity index (χ2n) is 7.19. The minimum Gasteiger partial charge on any atom is -0.481 e. The van der Waals surface area contributed by atoms with Crippen LogP contribution < -0.4 is 5.73 Å². The summed E-state index contributed by atoms with van der Waals surface area (Å²) in [6, 6.07) is 0. The molecule has 18 heavy (non-hydrogen) atoms. The van der Waals surface area contributed by atoms with E-state index in [0.29, 0.717) is 24.8 Å². The van der Waals surface area contributed by atoms with Gasteiger partial charge in [0.05, 0.1) is 6.42 Å². The number of nitrogens with two attached hydrogens (primary N) is 1. The molecule has 0 spiro atoms. The van der Waals surface area contributed by atoms with Gasteiger partial charge in [-0.15, -0.1) is 0 Å². The van der Waals surface area contributed by atoms with Crippen molar-refractivity contribution in [3.63, 3.8) is 0 Å². The highest BCUT2D eigenvalue weighted by Crippen LogP contribution is 2.73. The van der Waals surface area contributed by atoms with Gasteiger partial charge in [0.15, 0.2) is 0 Å². The summed E-state index contributed by atoms with van der Waals surface area (Å²) in [4.78, 5) is 11.2. The molecule has 6 unspecified atom stereocenters. The first-order valence-corrected chi connectivity index (χ1v) is 7.43. The van der Waals surface area contributed by atoms with Crippen molar-refractivity contribution in [1.82, 2.24) is 0 Å². The third kappa shape index (κ3) is 1.37. The van der Waals surface area contributed by atoms with E-state index in [-0.39, 0.29) is 5.41 Å². The summed E-state index contributed by atoms with van der Waals surface area (Å²) in [5.41, 5.74) is 5.96. The number of carboxylic acid groups (broad SMARTS) is 1. The summed E-state index contributed by atoms with van der Waals surface area (Å²) in [5, 5.41) is 9.21. The fourth-order valence-corrected chi connectivity index (χ4v) is 6.02. The van der Waals surface area contributed by atoms with E-state index in [1.807, 2.05) is 0 Å². The Bertz CT molecular complexity index is 360. The Kier molecular flexibility index (Phi) is 2.74. The highest BCUT2D eigenvalue weighted by molar-refractivity contribution is 5.68. The van der Waals surface area contributed by atoms with Gasteiger partial charge in [0.1, 0.15) is 0 Å². The van der Waals surface area contributed by atoms with Crippen molar-refractivity contribution in [3.05, 3.63) is 0 Å². The first-order chi connectivity index (χ1) is 8.51. The molecule has 0 aromatic heterocycles. The van der Waals surface area contributed by atoms with Crippen LogP contribution in [0.4, 0.5) is 0 Å². The van der Waals surface area contributed by atoms with Crippen LogP contribution in [0.5, 0.6) is 0 Å². The molecule has 3 fully saturated rings. The summed E-state index contributed by atoms with van der Waals surface area (Å²) in [6.45, 7) is 5.24. The van der Waals surface area contributed by atoms with Crippen LogP contribution in [0.2, 0.25) is 0 Å². The van der Waals surface area contributed by atoms with Gasteiger partial charge >= 0.3 is 5.97 Å². The van der Waals surface area contributed by atoms with Crippen LogP contribution in [0.25, 0.3) is 0 Å². The normalized spacial score (nSPS) is 49.2. The molecule has 3 nitrogen and oxygen atoms in total. The first-order valence-electron chi connectivity index (χ1n) is 7.43. The van der Waals surface area contributed by atoms with E-state index in [0.717, 1.165) is 23.7 Å². The van der Waals surface area contributed by atoms with Gasteiger partial charge < -0.3 is 10.8 Å². The minimum absolute atomic E-state index is 0.0606. The third-order valence-corrected chi connectivity index (χ3v) is 6.43. The lowest BCUT2D eigenvalue weighted by molar-refractivity contribution is -0.165. The van der Waals surface area contributed by atoms with Gasteiger partial charge in [0, 0.05) is 0 Å². The van der Waals surface area contributed by atoms with Gasteiger partial charge in [-0.25, -0.2) is 0 Å². The molecule has 3 saturated carbocycles. The van der Waals surface area contributed by atoms with Gasteiger partial charge in [-0.2, -0.15) is 0 Å². The summed E-state index contributed by atoms with van der Waals surface area (Å²) in [7, 11) is 0. The molecule has 2 bridgehead atoms. The number of hydrogen-bond donors (Lipinski definition) is 2. The minimum atomic E-state index is -0.657. The maximum absolute atomic E-state index is 11.2. The maximum atomic E-state index is 11.2. The molecule has 6 atom stereocenters. The number of carboxylic acids is 1. The van der Waals surface area contributed by atoms with E-state index in [2.05, 4.69) is 13.8 Å². The molecule has 0 heterocycles. The predicted octanol–water partition coefficient (Wildman–Crippen LogP) is 2.35.